The van der Waals surface area contributed by atoms with Crippen LogP contribution >= 0.6 is 0 Å². The van der Waals surface area contributed by atoms with Gasteiger partial charge in [0.25, 0.3) is 0 Å². The molecule has 13 nitrogen and oxygen atoms in total. The van der Waals surface area contributed by atoms with E-state index in [0.29, 0.717) is 5.56 Å². The molecule has 9 N–H and O–H groups in total. The van der Waals surface area contributed by atoms with Crippen molar-refractivity contribution in [3.63, 3.8) is 0 Å². The van der Waals surface area contributed by atoms with Crippen LogP contribution in [0.2, 0.25) is 0 Å². The van der Waals surface area contributed by atoms with Crippen molar-refractivity contribution >= 4 is 29.7 Å². The summed E-state index contributed by atoms with van der Waals surface area (Å²) >= 11 is 0. The van der Waals surface area contributed by atoms with Crippen LogP contribution in [0.1, 0.15) is 18.4 Å². The second-order valence-electron chi connectivity index (χ2n) is 6.83. The van der Waals surface area contributed by atoms with Crippen molar-refractivity contribution in [3.05, 3.63) is 29.8 Å². The molecular weight excluding hydrogens is 428 g/mol. The van der Waals surface area contributed by atoms with Gasteiger partial charge in [-0.2, -0.15) is 0 Å². The molecule has 0 heterocycles. The summed E-state index contributed by atoms with van der Waals surface area (Å²) in [6.07, 6.45) is -0.581. The second-order valence-corrected chi connectivity index (χ2v) is 6.83. The standard InChI is InChI=1S/C19H26N4O9/c20-12(5-6-16(27)28)17(29)21-8-15(26)22-14(9-24)18(30)23-13(19(31)32)7-10-1-3-11(25)4-2-10/h1-4,12-14,24-25H,5-9,20H2,(H,21,29)(H,22,26)(H,23,30)(H,27,28)(H,31,32). The Hall–Kier alpha value is -3.71. The molecule has 0 spiro atoms. The topological polar surface area (TPSA) is 228 Å². The van der Waals surface area contributed by atoms with Gasteiger partial charge in [0.05, 0.1) is 19.2 Å². The first-order chi connectivity index (χ1) is 15.0. The number of nitrogens with one attached hydrogen (secondary N) is 3. The summed E-state index contributed by atoms with van der Waals surface area (Å²) in [5, 5.41) is 43.1. The summed E-state index contributed by atoms with van der Waals surface area (Å²) in [4.78, 5) is 58.0. The molecule has 0 aliphatic heterocycles. The Morgan fingerprint density at radius 1 is 0.938 bits per heavy atom. The predicted molar refractivity (Wildman–Crippen MR) is 108 cm³/mol. The Balaban J connectivity index is 2.59. The minimum absolute atomic E-state index is 0.0114. The van der Waals surface area contributed by atoms with Crippen LogP contribution in [0, 0.1) is 0 Å². The highest BCUT2D eigenvalue weighted by Crippen LogP contribution is 2.11. The number of aliphatic hydroxyl groups is 1. The van der Waals surface area contributed by atoms with E-state index < -0.39 is 60.9 Å². The van der Waals surface area contributed by atoms with Gasteiger partial charge in [-0.25, -0.2) is 4.79 Å². The third-order valence-electron chi connectivity index (χ3n) is 4.25. The lowest BCUT2D eigenvalue weighted by Gasteiger charge is -2.20. The molecule has 0 aliphatic carbocycles. The zero-order chi connectivity index (χ0) is 24.3. The fourth-order valence-corrected chi connectivity index (χ4v) is 2.49. The van der Waals surface area contributed by atoms with E-state index in [1.807, 2.05) is 0 Å². The summed E-state index contributed by atoms with van der Waals surface area (Å²) in [6.45, 7) is -1.44. The van der Waals surface area contributed by atoms with Crippen molar-refractivity contribution in [1.82, 2.24) is 16.0 Å². The molecule has 0 aromatic heterocycles. The number of carboxylic acid groups (broad SMARTS) is 2. The number of aromatic hydroxyl groups is 1. The first kappa shape index (κ1) is 26.3. The van der Waals surface area contributed by atoms with Crippen LogP contribution in [0.3, 0.4) is 0 Å². The number of carboxylic acids is 2. The van der Waals surface area contributed by atoms with Crippen LogP contribution in [0.5, 0.6) is 5.75 Å². The lowest BCUT2D eigenvalue weighted by atomic mass is 10.1. The van der Waals surface area contributed by atoms with Gasteiger partial charge in [0.1, 0.15) is 17.8 Å². The third-order valence-corrected chi connectivity index (χ3v) is 4.25. The molecule has 3 amide bonds. The van der Waals surface area contributed by atoms with Crippen molar-refractivity contribution < 1.29 is 44.4 Å². The van der Waals surface area contributed by atoms with Gasteiger partial charge >= 0.3 is 11.9 Å². The maximum Gasteiger partial charge on any atom is 0.326 e. The van der Waals surface area contributed by atoms with E-state index in [1.165, 1.54) is 24.3 Å². The number of carbonyl (C=O) groups excluding carboxylic acids is 3. The van der Waals surface area contributed by atoms with Crippen molar-refractivity contribution in [1.29, 1.82) is 0 Å². The summed E-state index contributed by atoms with van der Waals surface area (Å²) in [5.41, 5.74) is 6.02. The molecule has 1 aromatic rings. The largest absolute Gasteiger partial charge is 0.508 e. The maximum absolute atomic E-state index is 12.3. The van der Waals surface area contributed by atoms with Crippen LogP contribution in [-0.2, 0) is 30.4 Å². The van der Waals surface area contributed by atoms with E-state index in [2.05, 4.69) is 16.0 Å². The van der Waals surface area contributed by atoms with Gasteiger partial charge in [0, 0.05) is 12.8 Å². The summed E-state index contributed by atoms with van der Waals surface area (Å²) < 4.78 is 0. The number of hydrogen-bond acceptors (Lipinski definition) is 8. The lowest BCUT2D eigenvalue weighted by Crippen LogP contribution is -2.55. The molecule has 0 aliphatic rings. The number of benzene rings is 1. The lowest BCUT2D eigenvalue weighted by molar-refractivity contribution is -0.142. The van der Waals surface area contributed by atoms with Gasteiger partial charge < -0.3 is 42.1 Å². The number of nitrogens with two attached hydrogens (primary N) is 1. The Labute approximate surface area is 182 Å². The average Bonchev–Trinajstić information content (AvgIpc) is 2.74. The highest BCUT2D eigenvalue weighted by molar-refractivity contribution is 5.92. The molecule has 1 rings (SSSR count). The molecule has 176 valence electrons. The highest BCUT2D eigenvalue weighted by atomic mass is 16.4. The molecule has 3 unspecified atom stereocenters. The van der Waals surface area contributed by atoms with Gasteiger partial charge in [-0.1, -0.05) is 12.1 Å². The van der Waals surface area contributed by atoms with Gasteiger partial charge in [-0.3, -0.25) is 19.2 Å². The average molecular weight is 454 g/mol. The maximum atomic E-state index is 12.3. The zero-order valence-corrected chi connectivity index (χ0v) is 17.0. The smallest absolute Gasteiger partial charge is 0.326 e. The molecule has 0 radical (unpaired) electrons. The molecule has 0 saturated carbocycles. The number of phenols is 1. The number of hydrogen-bond donors (Lipinski definition) is 8. The number of amides is 3. The SMILES string of the molecule is NC(CCC(=O)O)C(=O)NCC(=O)NC(CO)C(=O)NC(Cc1ccc(O)cc1)C(=O)O. The number of carbonyl (C=O) groups is 5. The van der Waals surface area contributed by atoms with Gasteiger partial charge in [-0.15, -0.1) is 0 Å². The number of aliphatic carboxylic acids is 2. The van der Waals surface area contributed by atoms with Crippen molar-refractivity contribution in [3.8, 4) is 5.75 Å². The van der Waals surface area contributed by atoms with Gasteiger partial charge in [0.15, 0.2) is 0 Å². The molecule has 3 atom stereocenters. The van der Waals surface area contributed by atoms with Crippen LogP contribution in [-0.4, -0.2) is 81.4 Å². The molecule has 13 heteroatoms. The molecule has 0 bridgehead atoms. The van der Waals surface area contributed by atoms with Crippen molar-refractivity contribution in [2.75, 3.05) is 13.2 Å². The quantitative estimate of drug-likeness (QED) is 0.154. The Morgan fingerprint density at radius 2 is 1.56 bits per heavy atom. The van der Waals surface area contributed by atoms with E-state index >= 15 is 0 Å². The molecule has 1 aromatic carbocycles. The number of rotatable bonds is 13. The van der Waals surface area contributed by atoms with Crippen LogP contribution < -0.4 is 21.7 Å². The predicted octanol–water partition coefficient (Wildman–Crippen LogP) is -2.71. The molecular formula is C19H26N4O9. The van der Waals surface area contributed by atoms with Gasteiger partial charge in [-0.05, 0) is 24.1 Å². The normalized spacial score (nSPS) is 13.3. The van der Waals surface area contributed by atoms with Crippen LogP contribution in [0.4, 0.5) is 0 Å². The molecule has 0 saturated heterocycles. The zero-order valence-electron chi connectivity index (χ0n) is 17.0. The first-order valence-electron chi connectivity index (χ1n) is 9.49. The molecule has 0 fully saturated rings. The second kappa shape index (κ2) is 12.9. The van der Waals surface area contributed by atoms with Crippen LogP contribution in [0.15, 0.2) is 24.3 Å². The van der Waals surface area contributed by atoms with Crippen molar-refractivity contribution in [2.24, 2.45) is 5.73 Å². The monoisotopic (exact) mass is 454 g/mol. The van der Waals surface area contributed by atoms with E-state index in [0.717, 1.165) is 0 Å². The third kappa shape index (κ3) is 9.40. The number of aliphatic hydroxyl groups excluding tert-OH is 1. The van der Waals surface area contributed by atoms with E-state index in [9.17, 15) is 39.3 Å². The fourth-order valence-electron chi connectivity index (χ4n) is 2.49. The molecule has 32 heavy (non-hydrogen) atoms. The summed E-state index contributed by atoms with van der Waals surface area (Å²) in [6, 6.07) is 1.67. The van der Waals surface area contributed by atoms with E-state index in [1.54, 1.807) is 0 Å². The first-order valence-corrected chi connectivity index (χ1v) is 9.49. The van der Waals surface area contributed by atoms with Crippen LogP contribution in [0.25, 0.3) is 0 Å². The Bertz CT molecular complexity index is 829. The van der Waals surface area contributed by atoms with E-state index in [-0.39, 0.29) is 25.0 Å². The fraction of sp³-hybridized carbons (Fsp3) is 0.421. The summed E-state index contributed by atoms with van der Waals surface area (Å²) in [7, 11) is 0. The van der Waals surface area contributed by atoms with Gasteiger partial charge in [0.2, 0.25) is 17.7 Å². The Morgan fingerprint density at radius 3 is 2.09 bits per heavy atom. The Kier molecular flexibility index (Phi) is 10.6. The minimum Gasteiger partial charge on any atom is -0.508 e. The summed E-state index contributed by atoms with van der Waals surface area (Å²) in [5.74, 6) is -5.08. The number of phenolic OH excluding ortho intramolecular Hbond substituents is 1. The van der Waals surface area contributed by atoms with E-state index in [4.69, 9.17) is 10.8 Å². The minimum atomic E-state index is -1.48. The highest BCUT2D eigenvalue weighted by Gasteiger charge is 2.26. The van der Waals surface area contributed by atoms with Crippen molar-refractivity contribution in [2.45, 2.75) is 37.4 Å².